The summed E-state index contributed by atoms with van der Waals surface area (Å²) in [5, 5.41) is 10.7. The first-order valence-electron chi connectivity index (χ1n) is 13.1. The highest BCUT2D eigenvalue weighted by Crippen LogP contribution is 2.66. The molecule has 0 amide bonds. The van der Waals surface area contributed by atoms with Crippen LogP contribution in [0.1, 0.15) is 120 Å². The predicted octanol–water partition coefficient (Wildman–Crippen LogP) is 8.79. The molecule has 0 spiro atoms. The van der Waals surface area contributed by atoms with E-state index in [4.69, 9.17) is 0 Å². The van der Waals surface area contributed by atoms with Crippen molar-refractivity contribution >= 4 is 0 Å². The van der Waals surface area contributed by atoms with Gasteiger partial charge in [-0.05, 0) is 113 Å². The van der Waals surface area contributed by atoms with Gasteiger partial charge in [0.15, 0.2) is 0 Å². The Hall–Kier alpha value is -0.820. The summed E-state index contributed by atoms with van der Waals surface area (Å²) in [7, 11) is 0. The van der Waals surface area contributed by atoms with Crippen LogP contribution in [0.4, 0.5) is 0 Å². The van der Waals surface area contributed by atoms with Crippen LogP contribution >= 0.6 is 0 Å². The second kappa shape index (κ2) is 9.20. The normalized spacial score (nSPS) is 36.1. The average molecular weight is 427 g/mol. The van der Waals surface area contributed by atoms with Crippen LogP contribution in [-0.2, 0) is 0 Å². The van der Waals surface area contributed by atoms with E-state index in [9.17, 15) is 5.11 Å². The van der Waals surface area contributed by atoms with Crippen LogP contribution in [0, 0.1) is 28.1 Å². The molecule has 1 nitrogen and oxygen atoms in total. The number of hydrogen-bond donors (Lipinski definition) is 1. The van der Waals surface area contributed by atoms with Crippen LogP contribution in [-0.4, -0.2) is 11.2 Å². The molecule has 3 aliphatic carbocycles. The van der Waals surface area contributed by atoms with Gasteiger partial charge in [-0.25, -0.2) is 0 Å². The van der Waals surface area contributed by atoms with Crippen molar-refractivity contribution in [1.29, 1.82) is 0 Å². The molecule has 0 aromatic rings. The molecule has 0 aromatic carbocycles. The maximum absolute atomic E-state index is 10.7. The number of hydrogen-bond acceptors (Lipinski definition) is 1. The van der Waals surface area contributed by atoms with Gasteiger partial charge in [0.2, 0.25) is 0 Å². The Morgan fingerprint density at radius 1 is 0.968 bits per heavy atom. The molecule has 0 aliphatic heterocycles. The monoisotopic (exact) mass is 426 g/mol. The quantitative estimate of drug-likeness (QED) is 0.403. The number of aliphatic hydroxyl groups excluding tert-OH is 1. The van der Waals surface area contributed by atoms with Crippen molar-refractivity contribution < 1.29 is 5.11 Å². The third-order valence-electron chi connectivity index (χ3n) is 10.1. The van der Waals surface area contributed by atoms with Crippen molar-refractivity contribution in [2.45, 2.75) is 126 Å². The van der Waals surface area contributed by atoms with Crippen LogP contribution in [0.25, 0.3) is 0 Å². The van der Waals surface area contributed by atoms with Gasteiger partial charge in [0.25, 0.3) is 0 Å². The highest BCUT2D eigenvalue weighted by Gasteiger charge is 2.57. The Balaban J connectivity index is 1.70. The van der Waals surface area contributed by atoms with E-state index in [2.05, 4.69) is 67.5 Å². The lowest BCUT2D eigenvalue weighted by atomic mass is 9.49. The first-order chi connectivity index (χ1) is 14.4. The van der Waals surface area contributed by atoms with E-state index in [0.29, 0.717) is 16.7 Å². The van der Waals surface area contributed by atoms with E-state index >= 15 is 0 Å². The smallest absolute Gasteiger partial charge is 0.0594 e. The van der Waals surface area contributed by atoms with Crippen LogP contribution in [0.2, 0.25) is 0 Å². The zero-order valence-corrected chi connectivity index (χ0v) is 21.9. The van der Waals surface area contributed by atoms with Crippen molar-refractivity contribution in [3.63, 3.8) is 0 Å². The van der Waals surface area contributed by atoms with Gasteiger partial charge in [-0.1, -0.05) is 69.1 Å². The van der Waals surface area contributed by atoms with Crippen molar-refractivity contribution in [2.75, 3.05) is 0 Å². The van der Waals surface area contributed by atoms with Crippen LogP contribution in [0.15, 0.2) is 34.4 Å². The summed E-state index contributed by atoms with van der Waals surface area (Å²) in [6, 6.07) is 0. The summed E-state index contributed by atoms with van der Waals surface area (Å²) in [5.74, 6) is 1.37. The van der Waals surface area contributed by atoms with Gasteiger partial charge in [-0.3, -0.25) is 0 Å². The first kappa shape index (κ1) is 24.8. The second-order valence-corrected chi connectivity index (χ2v) is 12.6. The van der Waals surface area contributed by atoms with Gasteiger partial charge in [0, 0.05) is 0 Å². The first-order valence-corrected chi connectivity index (χ1v) is 13.1. The number of rotatable bonds is 7. The highest BCUT2D eigenvalue weighted by molar-refractivity contribution is 5.37. The van der Waals surface area contributed by atoms with E-state index in [1.165, 1.54) is 63.4 Å². The Kier molecular flexibility index (Phi) is 7.37. The molecule has 0 bridgehead atoms. The van der Waals surface area contributed by atoms with Gasteiger partial charge < -0.3 is 5.11 Å². The van der Waals surface area contributed by atoms with Gasteiger partial charge in [-0.15, -0.1) is 0 Å². The molecule has 1 fully saturated rings. The molecule has 0 heterocycles. The Bertz CT molecular complexity index is 746. The lowest BCUT2D eigenvalue weighted by molar-refractivity contribution is -0.0890. The summed E-state index contributed by atoms with van der Waals surface area (Å²) < 4.78 is 0. The Morgan fingerprint density at radius 2 is 1.68 bits per heavy atom. The van der Waals surface area contributed by atoms with E-state index in [-0.39, 0.29) is 11.5 Å². The van der Waals surface area contributed by atoms with Crippen molar-refractivity contribution in [1.82, 2.24) is 0 Å². The molecular formula is C30H50O. The number of aliphatic hydroxyl groups is 1. The average Bonchev–Trinajstić information content (AvgIpc) is 3.04. The minimum absolute atomic E-state index is 0.0456. The van der Waals surface area contributed by atoms with Crippen molar-refractivity contribution in [2.24, 2.45) is 28.1 Å². The Labute approximate surface area is 193 Å². The highest BCUT2D eigenvalue weighted by atomic mass is 16.3. The zero-order chi connectivity index (χ0) is 23.0. The largest absolute Gasteiger partial charge is 0.393 e. The molecule has 3 rings (SSSR count). The lowest BCUT2D eigenvalue weighted by Gasteiger charge is -2.57. The molecule has 3 aliphatic rings. The van der Waals surface area contributed by atoms with Gasteiger partial charge in [0.05, 0.1) is 6.10 Å². The predicted molar refractivity (Wildman–Crippen MR) is 135 cm³/mol. The fourth-order valence-electron chi connectivity index (χ4n) is 7.61. The minimum Gasteiger partial charge on any atom is -0.393 e. The van der Waals surface area contributed by atoms with Gasteiger partial charge in [-0.2, -0.15) is 0 Å². The minimum atomic E-state index is -0.133. The van der Waals surface area contributed by atoms with Crippen molar-refractivity contribution in [3.05, 3.63) is 34.4 Å². The van der Waals surface area contributed by atoms with E-state index in [1.54, 1.807) is 5.57 Å². The second-order valence-electron chi connectivity index (χ2n) is 12.6. The van der Waals surface area contributed by atoms with E-state index in [0.717, 1.165) is 12.3 Å². The summed E-state index contributed by atoms with van der Waals surface area (Å²) in [4.78, 5) is 0. The molecule has 31 heavy (non-hydrogen) atoms. The zero-order valence-electron chi connectivity index (χ0n) is 21.9. The van der Waals surface area contributed by atoms with E-state index < -0.39 is 0 Å². The molecule has 176 valence electrons. The molecular weight excluding hydrogens is 376 g/mol. The molecule has 0 radical (unpaired) electrons. The molecule has 0 saturated heterocycles. The molecule has 0 aromatic heterocycles. The third-order valence-corrected chi connectivity index (χ3v) is 10.1. The topological polar surface area (TPSA) is 20.2 Å². The maximum Gasteiger partial charge on any atom is 0.0594 e. The van der Waals surface area contributed by atoms with Crippen LogP contribution < -0.4 is 0 Å². The summed E-state index contributed by atoms with van der Waals surface area (Å²) in [6.07, 6.45) is 17.0. The van der Waals surface area contributed by atoms with Gasteiger partial charge >= 0.3 is 0 Å². The Morgan fingerprint density at radius 3 is 2.35 bits per heavy atom. The number of allylic oxidation sites excluding steroid dienone is 6. The number of fused-ring (bicyclic) bond motifs is 2. The molecule has 0 unspecified atom stereocenters. The van der Waals surface area contributed by atoms with Crippen molar-refractivity contribution in [3.8, 4) is 0 Å². The fraction of sp³-hybridized carbons (Fsp3) is 0.800. The van der Waals surface area contributed by atoms with Gasteiger partial charge in [0.1, 0.15) is 0 Å². The van der Waals surface area contributed by atoms with Crippen LogP contribution in [0.5, 0.6) is 0 Å². The SMILES string of the molecule is CC(C)=CCC/C(C)=C/CC[C@H](C)[C@@]1(C)CCC2=C1CC[C@H]1C(C)(C)[C@@H](O)CC[C@]21C. The molecule has 5 atom stereocenters. The van der Waals surface area contributed by atoms with Crippen LogP contribution in [0.3, 0.4) is 0 Å². The fourth-order valence-corrected chi connectivity index (χ4v) is 7.61. The molecule has 1 heteroatoms. The summed E-state index contributed by atoms with van der Waals surface area (Å²) >= 11 is 0. The third kappa shape index (κ3) is 4.64. The summed E-state index contributed by atoms with van der Waals surface area (Å²) in [6.45, 7) is 19.0. The summed E-state index contributed by atoms with van der Waals surface area (Å²) in [5.41, 5.74) is 7.37. The molecule has 1 saturated carbocycles. The maximum atomic E-state index is 10.7. The molecule has 1 N–H and O–H groups in total. The van der Waals surface area contributed by atoms with E-state index in [1.807, 2.05) is 11.1 Å². The lowest BCUT2D eigenvalue weighted by Crippen LogP contribution is -2.52. The standard InChI is InChI=1S/C30H50O/c1-21(2)11-9-12-22(3)13-10-14-23(4)29(7)19-17-25-24(29)15-16-26-28(5,6)27(31)18-20-30(25,26)8/h11,13,23,26-27,31H,9-10,12,14-20H2,1-8H3/b22-13+/t23-,26-,27-,29+,30+/m0/s1.